The van der Waals surface area contributed by atoms with Crippen molar-refractivity contribution in [3.63, 3.8) is 0 Å². The summed E-state index contributed by atoms with van der Waals surface area (Å²) in [5, 5.41) is 42.7. The summed E-state index contributed by atoms with van der Waals surface area (Å²) < 4.78 is 5.70. The van der Waals surface area contributed by atoms with Crippen LogP contribution in [0.4, 0.5) is 0 Å². The number of aromatic hydroxyl groups is 1. The van der Waals surface area contributed by atoms with E-state index in [-0.39, 0.29) is 40.9 Å². The summed E-state index contributed by atoms with van der Waals surface area (Å²) in [7, 11) is 0. The Bertz CT molecular complexity index is 1030. The number of ketones is 1. The Balaban J connectivity index is 1.56. The molecule has 1 saturated heterocycles. The number of nitrogens with zero attached hydrogens (tertiary/aromatic N) is 1. The zero-order valence-corrected chi connectivity index (χ0v) is 18.3. The van der Waals surface area contributed by atoms with Gasteiger partial charge in [-0.05, 0) is 49.4 Å². The largest absolute Gasteiger partial charge is 0.507 e. The summed E-state index contributed by atoms with van der Waals surface area (Å²) in [5.41, 5.74) is -3.30. The molecule has 2 heterocycles. The predicted octanol–water partition coefficient (Wildman–Crippen LogP) is 1.96. The number of hydrogen-bond acceptors (Lipinski definition) is 7. The molecule has 32 heavy (non-hydrogen) atoms. The number of aromatic nitrogens is 1. The SMILES string of the molecule is C[C@@H]1CC[C@H]2[C@H](C(=O)c3c(O)c([C@@]4(O)CC[C@@H](O)[C@H]5O[C@H]54)cn(O)c3=O)[C@H](C)C=C[C@@H]2C1. The highest BCUT2D eigenvalue weighted by molar-refractivity contribution is 6.01. The van der Waals surface area contributed by atoms with Crippen LogP contribution >= 0.6 is 0 Å². The number of carbonyl (C=O) groups excluding carboxylic acids is 1. The third kappa shape index (κ3) is 3.15. The highest BCUT2D eigenvalue weighted by Gasteiger charge is 2.62. The van der Waals surface area contributed by atoms with Crippen LogP contribution in [0.3, 0.4) is 0 Å². The Morgan fingerprint density at radius 2 is 1.97 bits per heavy atom. The van der Waals surface area contributed by atoms with Crippen LogP contribution in [-0.2, 0) is 10.3 Å². The maximum absolute atomic E-state index is 13.8. The standard InChI is InChI=1S/C24H31NO7/c1-11-3-6-14-13(9-11)5-4-12(2)17(14)20(28)18-19(27)15(10-25(31)23(18)29)24(30)8-7-16(26)21-22(24)32-21/h4-5,10-14,16-17,21-22,26-27,30-31H,3,6-9H2,1-2H3/t11-,12-,13-,14-,16-,17-,21-,22-,24+/m1/s1. The van der Waals surface area contributed by atoms with E-state index in [1.165, 1.54) is 0 Å². The highest BCUT2D eigenvalue weighted by atomic mass is 16.6. The number of allylic oxidation sites excluding steroid dienone is 2. The highest BCUT2D eigenvalue weighted by Crippen LogP contribution is 2.52. The molecule has 0 bridgehead atoms. The van der Waals surface area contributed by atoms with Gasteiger partial charge < -0.3 is 25.3 Å². The number of aliphatic hydroxyl groups excluding tert-OH is 1. The second kappa shape index (κ2) is 7.43. The average Bonchev–Trinajstić information content (AvgIpc) is 3.56. The first-order valence-electron chi connectivity index (χ1n) is 11.6. The van der Waals surface area contributed by atoms with Crippen molar-refractivity contribution in [1.82, 2.24) is 4.73 Å². The molecule has 4 aliphatic rings. The maximum atomic E-state index is 13.8. The fourth-order valence-electron chi connectivity index (χ4n) is 6.44. The Hall–Kier alpha value is -2.16. The van der Waals surface area contributed by atoms with Crippen LogP contribution in [-0.4, -0.2) is 49.4 Å². The summed E-state index contributed by atoms with van der Waals surface area (Å²) in [5.74, 6) is -0.812. The quantitative estimate of drug-likeness (QED) is 0.242. The van der Waals surface area contributed by atoms with E-state index in [1.807, 2.05) is 13.0 Å². The second-order valence-electron chi connectivity index (χ2n) is 10.3. The van der Waals surface area contributed by atoms with E-state index in [0.29, 0.717) is 5.92 Å². The van der Waals surface area contributed by atoms with Crippen molar-refractivity contribution in [2.45, 2.75) is 69.9 Å². The summed E-state index contributed by atoms with van der Waals surface area (Å²) in [6.07, 6.45) is 6.25. The van der Waals surface area contributed by atoms with Gasteiger partial charge in [-0.25, -0.2) is 0 Å². The second-order valence-corrected chi connectivity index (χ2v) is 10.3. The number of carbonyl (C=O) groups is 1. The monoisotopic (exact) mass is 445 g/mol. The number of ether oxygens (including phenoxy) is 1. The Morgan fingerprint density at radius 3 is 2.72 bits per heavy atom. The lowest BCUT2D eigenvalue weighted by Gasteiger charge is -2.42. The number of rotatable bonds is 3. The van der Waals surface area contributed by atoms with E-state index in [1.54, 1.807) is 0 Å². The lowest BCUT2D eigenvalue weighted by Crippen LogP contribution is -2.44. The van der Waals surface area contributed by atoms with E-state index < -0.39 is 52.5 Å². The van der Waals surface area contributed by atoms with Gasteiger partial charge in [0, 0.05) is 11.5 Å². The molecule has 0 aromatic carbocycles. The van der Waals surface area contributed by atoms with Crippen LogP contribution in [0.1, 0.15) is 61.9 Å². The molecule has 174 valence electrons. The van der Waals surface area contributed by atoms with E-state index in [9.17, 15) is 30.1 Å². The van der Waals surface area contributed by atoms with E-state index in [4.69, 9.17) is 4.74 Å². The summed E-state index contributed by atoms with van der Waals surface area (Å²) in [6, 6.07) is 0. The van der Waals surface area contributed by atoms with Crippen molar-refractivity contribution in [3.05, 3.63) is 39.8 Å². The van der Waals surface area contributed by atoms with Gasteiger partial charge in [0.25, 0.3) is 5.56 Å². The molecule has 0 unspecified atom stereocenters. The van der Waals surface area contributed by atoms with Gasteiger partial charge >= 0.3 is 0 Å². The molecule has 1 aliphatic heterocycles. The molecule has 2 saturated carbocycles. The van der Waals surface area contributed by atoms with Crippen molar-refractivity contribution in [3.8, 4) is 5.75 Å². The van der Waals surface area contributed by atoms with Crippen molar-refractivity contribution in [2.75, 3.05) is 0 Å². The van der Waals surface area contributed by atoms with Gasteiger partial charge in [0.05, 0.1) is 12.3 Å². The smallest absolute Gasteiger partial charge is 0.297 e. The minimum atomic E-state index is -1.71. The zero-order chi connectivity index (χ0) is 22.9. The molecular weight excluding hydrogens is 414 g/mol. The van der Waals surface area contributed by atoms with Gasteiger partial charge in [-0.15, -0.1) is 0 Å². The first-order chi connectivity index (χ1) is 15.1. The molecule has 4 N–H and O–H groups in total. The molecule has 0 spiro atoms. The van der Waals surface area contributed by atoms with Crippen LogP contribution < -0.4 is 5.56 Å². The molecule has 3 aliphatic carbocycles. The lowest BCUT2D eigenvalue weighted by molar-refractivity contribution is -0.0246. The molecule has 8 nitrogen and oxygen atoms in total. The number of aliphatic hydroxyl groups is 2. The van der Waals surface area contributed by atoms with Gasteiger partial charge in [0.1, 0.15) is 29.1 Å². The van der Waals surface area contributed by atoms with Crippen molar-refractivity contribution >= 4 is 5.78 Å². The number of pyridine rings is 1. The minimum Gasteiger partial charge on any atom is -0.507 e. The van der Waals surface area contributed by atoms with E-state index in [0.717, 1.165) is 25.5 Å². The van der Waals surface area contributed by atoms with Crippen molar-refractivity contribution in [1.29, 1.82) is 0 Å². The Kier molecular flexibility index (Phi) is 5.03. The predicted molar refractivity (Wildman–Crippen MR) is 113 cm³/mol. The maximum Gasteiger partial charge on any atom is 0.297 e. The van der Waals surface area contributed by atoms with Crippen molar-refractivity contribution < 1.29 is 30.1 Å². The first kappa shape index (κ1) is 21.7. The molecule has 0 amide bonds. The van der Waals surface area contributed by atoms with Gasteiger partial charge in [-0.3, -0.25) is 9.59 Å². The van der Waals surface area contributed by atoms with Crippen LogP contribution in [0.5, 0.6) is 5.75 Å². The summed E-state index contributed by atoms with van der Waals surface area (Å²) >= 11 is 0. The number of Topliss-reactive ketones (excluding diaryl/α,β-unsaturated/α-hetero) is 1. The third-order valence-corrected chi connectivity index (χ3v) is 8.28. The number of hydrogen-bond donors (Lipinski definition) is 4. The van der Waals surface area contributed by atoms with Crippen LogP contribution in [0.25, 0.3) is 0 Å². The third-order valence-electron chi connectivity index (χ3n) is 8.28. The van der Waals surface area contributed by atoms with Crippen molar-refractivity contribution in [2.24, 2.45) is 29.6 Å². The zero-order valence-electron chi connectivity index (χ0n) is 18.3. The summed E-state index contributed by atoms with van der Waals surface area (Å²) in [4.78, 5) is 26.6. The molecule has 8 heteroatoms. The minimum absolute atomic E-state index is 0.0670. The number of fused-ring (bicyclic) bond motifs is 2. The normalized spacial score (nSPS) is 42.8. The first-order valence-corrected chi connectivity index (χ1v) is 11.6. The molecule has 9 atom stereocenters. The average molecular weight is 446 g/mol. The molecule has 3 fully saturated rings. The lowest BCUT2D eigenvalue weighted by atomic mass is 9.61. The van der Waals surface area contributed by atoms with Crippen LogP contribution in [0, 0.1) is 29.6 Å². The molecule has 5 rings (SSSR count). The van der Waals surface area contributed by atoms with E-state index >= 15 is 0 Å². The fraction of sp³-hybridized carbons (Fsp3) is 0.667. The Morgan fingerprint density at radius 1 is 1.22 bits per heavy atom. The van der Waals surface area contributed by atoms with Gasteiger partial charge in [0.2, 0.25) is 0 Å². The topological polar surface area (TPSA) is 133 Å². The molecule has 1 aromatic heterocycles. The molecule has 1 aromatic rings. The fourth-order valence-corrected chi connectivity index (χ4v) is 6.44. The number of epoxide rings is 1. The van der Waals surface area contributed by atoms with Crippen LogP contribution in [0.15, 0.2) is 23.1 Å². The van der Waals surface area contributed by atoms with Gasteiger partial charge in [0.15, 0.2) is 5.78 Å². The van der Waals surface area contributed by atoms with E-state index in [2.05, 4.69) is 13.0 Å². The molecular formula is C24H31NO7. The molecule has 0 radical (unpaired) electrons. The van der Waals surface area contributed by atoms with Gasteiger partial charge in [-0.2, -0.15) is 4.73 Å². The Labute approximate surface area is 186 Å². The van der Waals surface area contributed by atoms with Gasteiger partial charge in [-0.1, -0.05) is 32.4 Å². The summed E-state index contributed by atoms with van der Waals surface area (Å²) in [6.45, 7) is 4.14. The van der Waals surface area contributed by atoms with Crippen LogP contribution in [0.2, 0.25) is 0 Å².